The SMILES string of the molecule is OC(c1cccc(Cl)c1F)c1cnnn1-c1ccccc1. The van der Waals surface area contributed by atoms with Crippen LogP contribution in [0.5, 0.6) is 0 Å². The van der Waals surface area contributed by atoms with Gasteiger partial charge < -0.3 is 5.11 Å². The topological polar surface area (TPSA) is 50.9 Å². The quantitative estimate of drug-likeness (QED) is 0.808. The molecule has 0 aliphatic heterocycles. The molecule has 2 aromatic carbocycles. The summed E-state index contributed by atoms with van der Waals surface area (Å²) in [4.78, 5) is 0. The zero-order valence-corrected chi connectivity index (χ0v) is 11.6. The number of hydrogen-bond acceptors (Lipinski definition) is 3. The van der Waals surface area contributed by atoms with E-state index < -0.39 is 11.9 Å². The molecule has 0 aliphatic rings. The van der Waals surface area contributed by atoms with Crippen LogP contribution in [0.1, 0.15) is 17.4 Å². The van der Waals surface area contributed by atoms with E-state index in [4.69, 9.17) is 11.6 Å². The molecule has 4 nitrogen and oxygen atoms in total. The molecule has 0 fully saturated rings. The highest BCUT2D eigenvalue weighted by Gasteiger charge is 2.21. The van der Waals surface area contributed by atoms with Crippen molar-refractivity contribution in [3.05, 3.63) is 76.8 Å². The molecule has 0 bridgehead atoms. The fourth-order valence-electron chi connectivity index (χ4n) is 2.09. The van der Waals surface area contributed by atoms with Crippen LogP contribution in [-0.4, -0.2) is 20.1 Å². The first kappa shape index (κ1) is 13.7. The van der Waals surface area contributed by atoms with Crippen molar-refractivity contribution in [2.75, 3.05) is 0 Å². The fourth-order valence-corrected chi connectivity index (χ4v) is 2.27. The summed E-state index contributed by atoms with van der Waals surface area (Å²) in [6, 6.07) is 13.7. The summed E-state index contributed by atoms with van der Waals surface area (Å²) in [6.07, 6.45) is 0.191. The Kier molecular flexibility index (Phi) is 3.68. The number of nitrogens with zero attached hydrogens (tertiary/aromatic N) is 3. The van der Waals surface area contributed by atoms with Crippen LogP contribution < -0.4 is 0 Å². The maximum absolute atomic E-state index is 14.0. The largest absolute Gasteiger partial charge is 0.382 e. The van der Waals surface area contributed by atoms with E-state index in [9.17, 15) is 9.50 Å². The van der Waals surface area contributed by atoms with Crippen LogP contribution >= 0.6 is 11.6 Å². The third-order valence-corrected chi connectivity index (χ3v) is 3.42. The molecule has 0 saturated heterocycles. The van der Waals surface area contributed by atoms with Crippen molar-refractivity contribution in [2.24, 2.45) is 0 Å². The summed E-state index contributed by atoms with van der Waals surface area (Å²) in [5.74, 6) is -0.646. The van der Waals surface area contributed by atoms with Gasteiger partial charge >= 0.3 is 0 Å². The second-order valence-corrected chi connectivity index (χ2v) is 4.86. The van der Waals surface area contributed by atoms with Crippen LogP contribution in [0.25, 0.3) is 5.69 Å². The summed E-state index contributed by atoms with van der Waals surface area (Å²) >= 11 is 5.75. The van der Waals surface area contributed by atoms with Gasteiger partial charge in [0.25, 0.3) is 0 Å². The van der Waals surface area contributed by atoms with Gasteiger partial charge in [-0.05, 0) is 18.2 Å². The van der Waals surface area contributed by atoms with E-state index in [1.165, 1.54) is 23.0 Å². The van der Waals surface area contributed by atoms with Crippen molar-refractivity contribution in [3.63, 3.8) is 0 Å². The molecule has 3 aromatic rings. The smallest absolute Gasteiger partial charge is 0.147 e. The van der Waals surface area contributed by atoms with E-state index in [2.05, 4.69) is 10.3 Å². The second kappa shape index (κ2) is 5.63. The Morgan fingerprint density at radius 1 is 1.10 bits per heavy atom. The molecular weight excluding hydrogens is 293 g/mol. The van der Waals surface area contributed by atoms with Crippen molar-refractivity contribution in [1.29, 1.82) is 0 Å². The van der Waals surface area contributed by atoms with Gasteiger partial charge in [-0.1, -0.05) is 47.1 Å². The maximum Gasteiger partial charge on any atom is 0.147 e. The lowest BCUT2D eigenvalue weighted by atomic mass is 10.1. The number of aliphatic hydroxyl groups is 1. The summed E-state index contributed by atoms with van der Waals surface area (Å²) < 4.78 is 15.5. The molecule has 0 spiro atoms. The molecule has 3 rings (SSSR count). The van der Waals surface area contributed by atoms with Crippen molar-refractivity contribution in [2.45, 2.75) is 6.10 Å². The number of benzene rings is 2. The zero-order chi connectivity index (χ0) is 14.8. The van der Waals surface area contributed by atoms with Crippen LogP contribution in [-0.2, 0) is 0 Å². The van der Waals surface area contributed by atoms with Crippen molar-refractivity contribution < 1.29 is 9.50 Å². The number of para-hydroxylation sites is 1. The molecule has 1 heterocycles. The Labute approximate surface area is 125 Å². The number of aromatic nitrogens is 3. The zero-order valence-electron chi connectivity index (χ0n) is 10.8. The fraction of sp³-hybridized carbons (Fsp3) is 0.0667. The minimum Gasteiger partial charge on any atom is -0.382 e. The standard InChI is InChI=1S/C15H11ClFN3O/c16-12-8-4-7-11(14(12)17)15(21)13-9-18-19-20(13)10-5-2-1-3-6-10/h1-9,15,21H. The van der Waals surface area contributed by atoms with Crippen LogP contribution in [0.15, 0.2) is 54.7 Å². The Balaban J connectivity index is 2.06. The lowest BCUT2D eigenvalue weighted by molar-refractivity contribution is 0.207. The normalized spacial score (nSPS) is 12.3. The van der Waals surface area contributed by atoms with Gasteiger partial charge in [-0.25, -0.2) is 9.07 Å². The third kappa shape index (κ3) is 2.53. The first-order valence-corrected chi connectivity index (χ1v) is 6.64. The Hall–Kier alpha value is -2.24. The summed E-state index contributed by atoms with van der Waals surface area (Å²) in [5, 5.41) is 18.1. The lowest BCUT2D eigenvalue weighted by Crippen LogP contribution is -2.10. The van der Waals surface area contributed by atoms with Gasteiger partial charge in [0.15, 0.2) is 0 Å². The van der Waals surface area contributed by atoms with Crippen LogP contribution in [0, 0.1) is 5.82 Å². The highest BCUT2D eigenvalue weighted by atomic mass is 35.5. The van der Waals surface area contributed by atoms with Gasteiger partial charge in [-0.2, -0.15) is 0 Å². The first-order chi connectivity index (χ1) is 10.2. The number of aliphatic hydroxyl groups excluding tert-OH is 1. The van der Waals surface area contributed by atoms with Crippen LogP contribution in [0.3, 0.4) is 0 Å². The molecule has 1 atom stereocenters. The van der Waals surface area contributed by atoms with E-state index in [1.807, 2.05) is 30.3 Å². The molecule has 0 amide bonds. The molecule has 1 N–H and O–H groups in total. The number of hydrogen-bond donors (Lipinski definition) is 1. The van der Waals surface area contributed by atoms with E-state index in [1.54, 1.807) is 6.07 Å². The second-order valence-electron chi connectivity index (χ2n) is 4.45. The van der Waals surface area contributed by atoms with Crippen LogP contribution in [0.2, 0.25) is 5.02 Å². The van der Waals surface area contributed by atoms with Gasteiger partial charge in [0.2, 0.25) is 0 Å². The lowest BCUT2D eigenvalue weighted by Gasteiger charge is -2.14. The number of halogens is 2. The van der Waals surface area contributed by atoms with E-state index in [-0.39, 0.29) is 10.6 Å². The molecule has 1 unspecified atom stereocenters. The average Bonchev–Trinajstić information content (AvgIpc) is 3.00. The van der Waals surface area contributed by atoms with Crippen molar-refractivity contribution in [3.8, 4) is 5.69 Å². The minimum atomic E-state index is -1.21. The summed E-state index contributed by atoms with van der Waals surface area (Å²) in [7, 11) is 0. The van der Waals surface area contributed by atoms with Gasteiger partial charge in [-0.15, -0.1) is 5.10 Å². The Bertz CT molecular complexity index is 761. The average molecular weight is 304 g/mol. The Morgan fingerprint density at radius 2 is 1.86 bits per heavy atom. The van der Waals surface area contributed by atoms with E-state index >= 15 is 0 Å². The molecule has 6 heteroatoms. The number of rotatable bonds is 3. The Morgan fingerprint density at radius 3 is 2.62 bits per heavy atom. The van der Waals surface area contributed by atoms with Gasteiger partial charge in [0.1, 0.15) is 11.9 Å². The predicted octanol–water partition coefficient (Wildman–Crippen LogP) is 3.14. The van der Waals surface area contributed by atoms with E-state index in [0.29, 0.717) is 5.69 Å². The van der Waals surface area contributed by atoms with Crippen molar-refractivity contribution >= 4 is 11.6 Å². The molecule has 0 saturated carbocycles. The van der Waals surface area contributed by atoms with Crippen LogP contribution in [0.4, 0.5) is 4.39 Å². The monoisotopic (exact) mass is 303 g/mol. The van der Waals surface area contributed by atoms with Gasteiger partial charge in [-0.3, -0.25) is 0 Å². The molecule has 106 valence electrons. The highest BCUT2D eigenvalue weighted by molar-refractivity contribution is 6.30. The van der Waals surface area contributed by atoms with Gasteiger partial charge in [0.05, 0.1) is 22.6 Å². The maximum atomic E-state index is 14.0. The van der Waals surface area contributed by atoms with E-state index in [0.717, 1.165) is 5.69 Å². The molecular formula is C15H11ClFN3O. The predicted molar refractivity (Wildman–Crippen MR) is 76.8 cm³/mol. The molecule has 1 aromatic heterocycles. The van der Waals surface area contributed by atoms with Gasteiger partial charge in [0, 0.05) is 5.56 Å². The first-order valence-electron chi connectivity index (χ1n) is 6.26. The molecule has 21 heavy (non-hydrogen) atoms. The summed E-state index contributed by atoms with van der Waals surface area (Å²) in [5.41, 5.74) is 1.18. The third-order valence-electron chi connectivity index (χ3n) is 3.13. The summed E-state index contributed by atoms with van der Waals surface area (Å²) in [6.45, 7) is 0. The highest BCUT2D eigenvalue weighted by Crippen LogP contribution is 2.28. The molecule has 0 aliphatic carbocycles. The minimum absolute atomic E-state index is 0.0368. The van der Waals surface area contributed by atoms with Crippen molar-refractivity contribution in [1.82, 2.24) is 15.0 Å². The molecule has 0 radical (unpaired) electrons.